The van der Waals surface area contributed by atoms with Crippen LogP contribution in [0.4, 0.5) is 11.4 Å². The van der Waals surface area contributed by atoms with Crippen LogP contribution in [0.25, 0.3) is 0 Å². The minimum absolute atomic E-state index is 0.276. The number of aromatic nitrogens is 1. The Kier molecular flexibility index (Phi) is 4.86. The lowest BCUT2D eigenvalue weighted by Gasteiger charge is -2.36. The fourth-order valence-corrected chi connectivity index (χ4v) is 3.65. The van der Waals surface area contributed by atoms with Gasteiger partial charge < -0.3 is 15.0 Å². The van der Waals surface area contributed by atoms with E-state index >= 15 is 0 Å². The molecule has 0 bridgehead atoms. The molecule has 1 fully saturated rings. The largest absolute Gasteiger partial charge is 0.380 e. The number of anilines is 2. The van der Waals surface area contributed by atoms with Crippen LogP contribution in [0.15, 0.2) is 30.5 Å². The van der Waals surface area contributed by atoms with E-state index in [-0.39, 0.29) is 12.2 Å². The van der Waals surface area contributed by atoms with Crippen LogP contribution >= 0.6 is 22.9 Å². The quantitative estimate of drug-likeness (QED) is 0.914. The van der Waals surface area contributed by atoms with Gasteiger partial charge in [-0.1, -0.05) is 11.6 Å². The Hall–Kier alpha value is -1.30. The van der Waals surface area contributed by atoms with Crippen molar-refractivity contribution < 1.29 is 4.74 Å². The van der Waals surface area contributed by atoms with Crippen LogP contribution in [0.3, 0.4) is 0 Å². The third-order valence-electron chi connectivity index (χ3n) is 3.64. The number of halogens is 1. The van der Waals surface area contributed by atoms with Crippen LogP contribution < -0.4 is 10.2 Å². The predicted molar refractivity (Wildman–Crippen MR) is 93.1 cm³/mol. The van der Waals surface area contributed by atoms with Crippen molar-refractivity contribution in [3.8, 4) is 0 Å². The Morgan fingerprint density at radius 2 is 1.95 bits per heavy atom. The minimum atomic E-state index is 0.276. The average molecular weight is 338 g/mol. The van der Waals surface area contributed by atoms with E-state index in [4.69, 9.17) is 16.3 Å². The van der Waals surface area contributed by atoms with E-state index in [2.05, 4.69) is 53.3 Å². The van der Waals surface area contributed by atoms with Gasteiger partial charge in [-0.2, -0.15) is 0 Å². The molecule has 1 aromatic heterocycles. The van der Waals surface area contributed by atoms with E-state index in [1.54, 1.807) is 0 Å². The van der Waals surface area contributed by atoms with Gasteiger partial charge in [-0.15, -0.1) is 11.3 Å². The van der Waals surface area contributed by atoms with Crippen LogP contribution in [0.1, 0.15) is 18.7 Å². The molecular weight excluding hydrogens is 318 g/mol. The Morgan fingerprint density at radius 1 is 1.27 bits per heavy atom. The Morgan fingerprint density at radius 3 is 2.55 bits per heavy atom. The summed E-state index contributed by atoms with van der Waals surface area (Å²) in [5, 5.41) is 3.39. The van der Waals surface area contributed by atoms with Crippen LogP contribution in [0.2, 0.25) is 4.47 Å². The highest BCUT2D eigenvalue weighted by Crippen LogP contribution is 2.23. The first kappa shape index (κ1) is 15.6. The minimum Gasteiger partial charge on any atom is -0.380 e. The fourth-order valence-electron chi connectivity index (χ4n) is 2.73. The first-order chi connectivity index (χ1) is 10.6. The monoisotopic (exact) mass is 337 g/mol. The number of thiazole rings is 1. The van der Waals surface area contributed by atoms with Crippen molar-refractivity contribution in [2.24, 2.45) is 0 Å². The molecule has 2 aromatic rings. The Labute approximate surface area is 140 Å². The third-order valence-corrected chi connectivity index (χ3v) is 4.76. The zero-order valence-corrected chi connectivity index (χ0v) is 14.3. The summed E-state index contributed by atoms with van der Waals surface area (Å²) in [5.41, 5.74) is 2.34. The predicted octanol–water partition coefficient (Wildman–Crippen LogP) is 4.02. The smallest absolute Gasteiger partial charge is 0.183 e. The van der Waals surface area contributed by atoms with Gasteiger partial charge in [0.2, 0.25) is 0 Å². The molecule has 0 aliphatic carbocycles. The zero-order chi connectivity index (χ0) is 15.5. The summed E-state index contributed by atoms with van der Waals surface area (Å²) in [6.07, 6.45) is 2.36. The second kappa shape index (κ2) is 6.86. The van der Waals surface area contributed by atoms with Crippen molar-refractivity contribution in [1.29, 1.82) is 0 Å². The highest BCUT2D eigenvalue weighted by Gasteiger charge is 2.22. The maximum Gasteiger partial charge on any atom is 0.183 e. The highest BCUT2D eigenvalue weighted by molar-refractivity contribution is 7.15. The van der Waals surface area contributed by atoms with E-state index in [1.807, 2.05) is 6.20 Å². The molecule has 2 heterocycles. The summed E-state index contributed by atoms with van der Waals surface area (Å²) in [6.45, 7) is 6.87. The third kappa shape index (κ3) is 3.91. The summed E-state index contributed by atoms with van der Waals surface area (Å²) in [6, 6.07) is 8.55. The van der Waals surface area contributed by atoms with E-state index < -0.39 is 0 Å². The topological polar surface area (TPSA) is 37.4 Å². The normalized spacial score (nSPS) is 21.9. The molecule has 118 valence electrons. The number of nitrogens with one attached hydrogen (secondary N) is 1. The van der Waals surface area contributed by atoms with E-state index in [9.17, 15) is 0 Å². The molecule has 1 saturated heterocycles. The molecule has 1 N–H and O–H groups in total. The average Bonchev–Trinajstić information content (AvgIpc) is 2.90. The van der Waals surface area contributed by atoms with Gasteiger partial charge in [0.15, 0.2) is 4.47 Å². The van der Waals surface area contributed by atoms with Gasteiger partial charge >= 0.3 is 0 Å². The van der Waals surface area contributed by atoms with E-state index in [0.717, 1.165) is 30.2 Å². The van der Waals surface area contributed by atoms with Crippen LogP contribution in [-0.2, 0) is 11.3 Å². The van der Waals surface area contributed by atoms with Gasteiger partial charge in [-0.3, -0.25) is 0 Å². The van der Waals surface area contributed by atoms with Gasteiger partial charge in [-0.05, 0) is 38.1 Å². The molecule has 3 rings (SSSR count). The number of hydrogen-bond acceptors (Lipinski definition) is 5. The van der Waals surface area contributed by atoms with Crippen molar-refractivity contribution in [3.05, 3.63) is 39.8 Å². The van der Waals surface area contributed by atoms with Crippen LogP contribution in [0.5, 0.6) is 0 Å². The first-order valence-corrected chi connectivity index (χ1v) is 8.64. The summed E-state index contributed by atoms with van der Waals surface area (Å²) in [5.74, 6) is 0. The summed E-state index contributed by atoms with van der Waals surface area (Å²) in [7, 11) is 0. The lowest BCUT2D eigenvalue weighted by Crippen LogP contribution is -2.45. The molecule has 4 nitrogen and oxygen atoms in total. The van der Waals surface area contributed by atoms with Crippen molar-refractivity contribution in [2.75, 3.05) is 23.3 Å². The molecule has 22 heavy (non-hydrogen) atoms. The molecule has 1 aromatic carbocycles. The number of morpholine rings is 1. The van der Waals surface area contributed by atoms with Gasteiger partial charge in [0.05, 0.1) is 18.8 Å². The summed E-state index contributed by atoms with van der Waals surface area (Å²) in [4.78, 5) is 7.55. The van der Waals surface area contributed by atoms with Crippen LogP contribution in [0, 0.1) is 0 Å². The molecule has 0 radical (unpaired) electrons. The number of rotatable bonds is 4. The number of hydrogen-bond donors (Lipinski definition) is 1. The Bertz CT molecular complexity index is 606. The van der Waals surface area contributed by atoms with Crippen molar-refractivity contribution >= 4 is 34.3 Å². The molecule has 1 aliphatic heterocycles. The van der Waals surface area contributed by atoms with Crippen LogP contribution in [-0.4, -0.2) is 30.3 Å². The Balaban J connectivity index is 1.60. The van der Waals surface area contributed by atoms with Gasteiger partial charge in [0, 0.05) is 35.5 Å². The summed E-state index contributed by atoms with van der Waals surface area (Å²) < 4.78 is 6.37. The second-order valence-corrected chi connectivity index (χ2v) is 7.34. The van der Waals surface area contributed by atoms with Crippen molar-refractivity contribution in [1.82, 2.24) is 4.98 Å². The molecule has 0 spiro atoms. The number of benzene rings is 1. The number of nitrogens with zero attached hydrogens (tertiary/aromatic N) is 2. The maximum atomic E-state index is 5.84. The molecule has 6 heteroatoms. The van der Waals surface area contributed by atoms with Gasteiger partial charge in [0.1, 0.15) is 0 Å². The molecular formula is C16H20ClN3OS. The molecule has 0 amide bonds. The second-order valence-electron chi connectivity index (χ2n) is 5.64. The zero-order valence-electron chi connectivity index (χ0n) is 12.8. The standard InChI is InChI=1S/C16H20ClN3OS/c1-11-9-20(10-12(2)21-11)14-5-3-13(4-6-14)18-7-15-8-19-16(17)22-15/h3-6,8,11-12,18H,7,9-10H2,1-2H3. The van der Waals surface area contributed by atoms with Gasteiger partial charge in [0.25, 0.3) is 0 Å². The van der Waals surface area contributed by atoms with Crippen molar-refractivity contribution in [3.63, 3.8) is 0 Å². The van der Waals surface area contributed by atoms with Gasteiger partial charge in [-0.25, -0.2) is 4.98 Å². The molecule has 0 saturated carbocycles. The van der Waals surface area contributed by atoms with Crippen molar-refractivity contribution in [2.45, 2.75) is 32.6 Å². The maximum absolute atomic E-state index is 5.84. The molecule has 2 unspecified atom stereocenters. The van der Waals surface area contributed by atoms with E-state index in [0.29, 0.717) is 4.47 Å². The fraction of sp³-hybridized carbons (Fsp3) is 0.438. The first-order valence-electron chi connectivity index (χ1n) is 7.44. The highest BCUT2D eigenvalue weighted by atomic mass is 35.5. The lowest BCUT2D eigenvalue weighted by atomic mass is 10.2. The summed E-state index contributed by atoms with van der Waals surface area (Å²) >= 11 is 7.34. The SMILES string of the molecule is CC1CN(c2ccc(NCc3cnc(Cl)s3)cc2)CC(C)O1. The lowest BCUT2D eigenvalue weighted by molar-refractivity contribution is -0.00521. The number of ether oxygens (including phenoxy) is 1. The molecule has 1 aliphatic rings. The van der Waals surface area contributed by atoms with E-state index in [1.165, 1.54) is 17.0 Å². The molecule has 2 atom stereocenters.